The molecule has 0 N–H and O–H groups in total. The number of rotatable bonds is 16. The van der Waals surface area contributed by atoms with E-state index in [-0.39, 0.29) is 12.4 Å². The zero-order chi connectivity index (χ0) is 28.6. The Kier molecular flexibility index (Phi) is 12.0. The first-order valence-electron chi connectivity index (χ1n) is 12.9. The number of carbonyl (C=O) groups excluding carboxylic acids is 3. The first kappa shape index (κ1) is 29.7. The molecule has 40 heavy (non-hydrogen) atoms. The van der Waals surface area contributed by atoms with E-state index >= 15 is 0 Å². The average molecular weight is 545 g/mol. The van der Waals surface area contributed by atoms with Crippen LogP contribution in [0.15, 0.2) is 98.3 Å². The van der Waals surface area contributed by atoms with Gasteiger partial charge in [0.05, 0.1) is 31.6 Å². The average Bonchev–Trinajstić information content (AvgIpc) is 2.98. The Morgan fingerprint density at radius 3 is 1.75 bits per heavy atom. The van der Waals surface area contributed by atoms with Crippen LogP contribution in [0.1, 0.15) is 36.0 Å². The van der Waals surface area contributed by atoms with E-state index < -0.39 is 11.9 Å². The predicted octanol–water partition coefficient (Wildman–Crippen LogP) is 6.31. The van der Waals surface area contributed by atoms with Crippen LogP contribution in [0.2, 0.25) is 0 Å². The maximum absolute atomic E-state index is 12.5. The van der Waals surface area contributed by atoms with Crippen LogP contribution in [-0.2, 0) is 19.1 Å². The normalized spacial score (nSPS) is 10.2. The van der Waals surface area contributed by atoms with E-state index in [9.17, 15) is 14.4 Å². The first-order valence-corrected chi connectivity index (χ1v) is 12.9. The minimum atomic E-state index is -0.480. The molecule has 3 aromatic carbocycles. The highest BCUT2D eigenvalue weighted by Gasteiger charge is 2.10. The fraction of sp³-hybridized carbons (Fsp3) is 0.219. The third kappa shape index (κ3) is 10.1. The van der Waals surface area contributed by atoms with E-state index in [0.717, 1.165) is 35.6 Å². The van der Waals surface area contributed by atoms with Crippen molar-refractivity contribution in [1.82, 2.24) is 0 Å². The molecule has 0 atom stereocenters. The zero-order valence-electron chi connectivity index (χ0n) is 22.2. The Hall–Kier alpha value is -4.85. The van der Waals surface area contributed by atoms with Crippen molar-refractivity contribution in [2.45, 2.75) is 25.7 Å². The molecule has 0 spiro atoms. The fourth-order valence-electron chi connectivity index (χ4n) is 3.50. The van der Waals surface area contributed by atoms with Crippen LogP contribution in [0.5, 0.6) is 17.2 Å². The number of unbranched alkanes of at least 4 members (excludes halogenated alkanes) is 1. The van der Waals surface area contributed by atoms with E-state index in [1.165, 1.54) is 0 Å². The highest BCUT2D eigenvalue weighted by Crippen LogP contribution is 2.25. The molecule has 0 bridgehead atoms. The van der Waals surface area contributed by atoms with Crippen LogP contribution in [0, 0.1) is 0 Å². The summed E-state index contributed by atoms with van der Waals surface area (Å²) in [6, 6.07) is 21.5. The Balaban J connectivity index is 1.41. The molecule has 0 fully saturated rings. The van der Waals surface area contributed by atoms with Gasteiger partial charge in [0.2, 0.25) is 0 Å². The number of hydrogen-bond acceptors (Lipinski definition) is 8. The maximum atomic E-state index is 12.5. The second-order valence-electron chi connectivity index (χ2n) is 8.50. The lowest BCUT2D eigenvalue weighted by atomic mass is 10.1. The summed E-state index contributed by atoms with van der Waals surface area (Å²) in [5.41, 5.74) is 2.35. The van der Waals surface area contributed by atoms with E-state index in [2.05, 4.69) is 17.9 Å². The van der Waals surface area contributed by atoms with Crippen molar-refractivity contribution in [3.63, 3.8) is 0 Å². The first-order chi connectivity index (χ1) is 19.5. The van der Waals surface area contributed by atoms with Crippen molar-refractivity contribution in [2.75, 3.05) is 19.8 Å². The van der Waals surface area contributed by atoms with Crippen molar-refractivity contribution < 1.29 is 38.1 Å². The fourth-order valence-corrected chi connectivity index (χ4v) is 3.50. The standard InChI is InChI=1S/C32H32O8/c1-3-30(33)39-22-6-5-21-37-27-15-9-24(10-16-27)25-11-19-29(20-12-25)40-32(35)26-13-17-28(18-14-26)38-23-7-8-31(34)36-4-2/h3-4,9-20H,1-2,5-8,21-23H2. The number of esters is 3. The molecule has 0 aromatic heterocycles. The molecule has 0 heterocycles. The Morgan fingerprint density at radius 2 is 1.18 bits per heavy atom. The van der Waals surface area contributed by atoms with E-state index in [1.54, 1.807) is 36.4 Å². The summed E-state index contributed by atoms with van der Waals surface area (Å²) >= 11 is 0. The van der Waals surface area contributed by atoms with Crippen LogP contribution in [0.3, 0.4) is 0 Å². The Bertz CT molecular complexity index is 1260. The quantitative estimate of drug-likeness (QED) is 0.0681. The minimum absolute atomic E-state index is 0.230. The van der Waals surface area contributed by atoms with Crippen molar-refractivity contribution >= 4 is 17.9 Å². The maximum Gasteiger partial charge on any atom is 0.343 e. The van der Waals surface area contributed by atoms with Gasteiger partial charge in [0, 0.05) is 12.5 Å². The summed E-state index contributed by atoms with van der Waals surface area (Å²) < 4.78 is 26.4. The van der Waals surface area contributed by atoms with Gasteiger partial charge < -0.3 is 23.7 Å². The minimum Gasteiger partial charge on any atom is -0.494 e. The number of carbonyl (C=O) groups is 3. The molecule has 8 heteroatoms. The van der Waals surface area contributed by atoms with Crippen molar-refractivity contribution in [3.8, 4) is 28.4 Å². The lowest BCUT2D eigenvalue weighted by Gasteiger charge is -2.09. The Labute approximate surface area is 233 Å². The summed E-state index contributed by atoms with van der Waals surface area (Å²) in [6.07, 6.45) is 4.46. The molecule has 0 aliphatic heterocycles. The van der Waals surface area contributed by atoms with Gasteiger partial charge in [-0.15, -0.1) is 0 Å². The van der Waals surface area contributed by atoms with Crippen molar-refractivity contribution in [1.29, 1.82) is 0 Å². The molecule has 0 saturated heterocycles. The van der Waals surface area contributed by atoms with Gasteiger partial charge in [-0.3, -0.25) is 4.79 Å². The third-order valence-corrected chi connectivity index (χ3v) is 5.57. The summed E-state index contributed by atoms with van der Waals surface area (Å²) in [7, 11) is 0. The molecular formula is C32H32O8. The molecule has 208 valence electrons. The van der Waals surface area contributed by atoms with Crippen LogP contribution in [0.4, 0.5) is 0 Å². The van der Waals surface area contributed by atoms with Crippen LogP contribution < -0.4 is 14.2 Å². The van der Waals surface area contributed by atoms with Gasteiger partial charge >= 0.3 is 17.9 Å². The van der Waals surface area contributed by atoms with Gasteiger partial charge in [-0.05, 0) is 78.9 Å². The van der Waals surface area contributed by atoms with Gasteiger partial charge in [-0.1, -0.05) is 37.4 Å². The summed E-state index contributed by atoms with van der Waals surface area (Å²) in [5, 5.41) is 0. The van der Waals surface area contributed by atoms with Crippen LogP contribution >= 0.6 is 0 Å². The lowest BCUT2D eigenvalue weighted by molar-refractivity contribution is -0.139. The second kappa shape index (κ2) is 16.2. The molecule has 0 saturated carbocycles. The van der Waals surface area contributed by atoms with Gasteiger partial charge in [-0.2, -0.15) is 0 Å². The third-order valence-electron chi connectivity index (χ3n) is 5.57. The summed E-state index contributed by atoms with van der Waals surface area (Å²) in [5.74, 6) is 0.510. The highest BCUT2D eigenvalue weighted by molar-refractivity contribution is 5.91. The van der Waals surface area contributed by atoms with Gasteiger partial charge in [0.1, 0.15) is 17.2 Å². The Morgan fingerprint density at radius 1 is 0.650 bits per heavy atom. The molecule has 3 aromatic rings. The predicted molar refractivity (Wildman–Crippen MR) is 150 cm³/mol. The van der Waals surface area contributed by atoms with Crippen LogP contribution in [0.25, 0.3) is 11.1 Å². The SMILES string of the molecule is C=COC(=O)CCCOc1ccc(C(=O)Oc2ccc(-c3ccc(OCCCCOC(=O)C=C)cc3)cc2)cc1. The van der Waals surface area contributed by atoms with Gasteiger partial charge in [-0.25, -0.2) is 9.59 Å². The number of benzene rings is 3. The van der Waals surface area contributed by atoms with Crippen LogP contribution in [-0.4, -0.2) is 37.7 Å². The van der Waals surface area contributed by atoms with Crippen molar-refractivity contribution in [2.24, 2.45) is 0 Å². The monoisotopic (exact) mass is 544 g/mol. The lowest BCUT2D eigenvalue weighted by Crippen LogP contribution is -2.08. The van der Waals surface area contributed by atoms with E-state index in [0.29, 0.717) is 49.7 Å². The topological polar surface area (TPSA) is 97.4 Å². The molecule has 0 radical (unpaired) electrons. The smallest absolute Gasteiger partial charge is 0.343 e. The molecule has 0 aliphatic rings. The molecule has 0 aliphatic carbocycles. The van der Waals surface area contributed by atoms with Crippen molar-refractivity contribution in [3.05, 3.63) is 104 Å². The second-order valence-corrected chi connectivity index (χ2v) is 8.50. The molecule has 0 amide bonds. The largest absolute Gasteiger partial charge is 0.494 e. The zero-order valence-corrected chi connectivity index (χ0v) is 22.2. The summed E-state index contributed by atoms with van der Waals surface area (Å²) in [4.78, 5) is 34.8. The number of ether oxygens (including phenoxy) is 5. The highest BCUT2D eigenvalue weighted by atomic mass is 16.5. The van der Waals surface area contributed by atoms with Gasteiger partial charge in [0.25, 0.3) is 0 Å². The molecule has 3 rings (SSSR count). The molecule has 8 nitrogen and oxygen atoms in total. The van der Waals surface area contributed by atoms with E-state index in [1.807, 2.05) is 36.4 Å². The molecular weight excluding hydrogens is 512 g/mol. The van der Waals surface area contributed by atoms with Gasteiger partial charge in [0.15, 0.2) is 0 Å². The van der Waals surface area contributed by atoms with E-state index in [4.69, 9.17) is 18.9 Å². The summed E-state index contributed by atoms with van der Waals surface area (Å²) in [6.45, 7) is 7.90. The number of hydrogen-bond donors (Lipinski definition) is 0. The molecule has 0 unspecified atom stereocenters.